The van der Waals surface area contributed by atoms with Gasteiger partial charge in [0.15, 0.2) is 0 Å². The molecule has 0 spiro atoms. The molecule has 2 heterocycles. The minimum Gasteiger partial charge on any atom is -0.493 e. The minimum atomic E-state index is -1.04. The van der Waals surface area contributed by atoms with E-state index in [0.29, 0.717) is 29.6 Å². The van der Waals surface area contributed by atoms with Gasteiger partial charge in [-0.25, -0.2) is 14.8 Å². The van der Waals surface area contributed by atoms with Gasteiger partial charge in [0.1, 0.15) is 11.3 Å². The highest BCUT2D eigenvalue weighted by atomic mass is 16.5. The molecule has 7 heteroatoms. The lowest BCUT2D eigenvalue weighted by Crippen LogP contribution is -2.12. The van der Waals surface area contributed by atoms with Crippen LogP contribution in [-0.4, -0.2) is 32.6 Å². The summed E-state index contributed by atoms with van der Waals surface area (Å²) in [6.07, 6.45) is 6.01. The highest BCUT2D eigenvalue weighted by molar-refractivity contribution is 5.92. The van der Waals surface area contributed by atoms with Gasteiger partial charge in [0.05, 0.1) is 18.3 Å². The number of carbonyl (C=O) groups is 1. The standard InChI is InChI=1S/C21H22N4O3/c1-3-17(14-7-10-22-11-8-14)24-21-23-12-9-18(25-21)15-5-6-19(28-4-2)16(13-15)20(26)27/h5-13,17H,3-4H2,1-2H3,(H,26,27)(H,23,24,25). The summed E-state index contributed by atoms with van der Waals surface area (Å²) >= 11 is 0. The summed E-state index contributed by atoms with van der Waals surface area (Å²) in [5, 5.41) is 12.8. The van der Waals surface area contributed by atoms with E-state index < -0.39 is 5.97 Å². The van der Waals surface area contributed by atoms with Crippen molar-refractivity contribution in [2.24, 2.45) is 0 Å². The van der Waals surface area contributed by atoms with Crippen molar-refractivity contribution in [1.82, 2.24) is 15.0 Å². The van der Waals surface area contributed by atoms with Gasteiger partial charge in [-0.2, -0.15) is 0 Å². The van der Waals surface area contributed by atoms with Crippen molar-refractivity contribution in [3.63, 3.8) is 0 Å². The zero-order valence-electron chi connectivity index (χ0n) is 15.8. The predicted molar refractivity (Wildman–Crippen MR) is 106 cm³/mol. The van der Waals surface area contributed by atoms with Gasteiger partial charge in [0, 0.05) is 24.2 Å². The first kappa shape index (κ1) is 19.3. The second-order valence-electron chi connectivity index (χ2n) is 6.10. The Morgan fingerprint density at radius 2 is 1.93 bits per heavy atom. The third-order valence-electron chi connectivity index (χ3n) is 4.28. The summed E-state index contributed by atoms with van der Waals surface area (Å²) in [5.41, 5.74) is 2.52. The Labute approximate surface area is 163 Å². The Balaban J connectivity index is 1.89. The average molecular weight is 378 g/mol. The molecule has 2 N–H and O–H groups in total. The van der Waals surface area contributed by atoms with E-state index in [-0.39, 0.29) is 11.6 Å². The highest BCUT2D eigenvalue weighted by Crippen LogP contribution is 2.27. The molecule has 0 aliphatic carbocycles. The normalized spacial score (nSPS) is 11.6. The number of rotatable bonds is 8. The van der Waals surface area contributed by atoms with E-state index in [9.17, 15) is 9.90 Å². The molecule has 1 aromatic carbocycles. The maximum absolute atomic E-state index is 11.6. The van der Waals surface area contributed by atoms with Gasteiger partial charge < -0.3 is 15.2 Å². The zero-order chi connectivity index (χ0) is 19.9. The third kappa shape index (κ3) is 4.43. The SMILES string of the molecule is CCOc1ccc(-c2ccnc(NC(CC)c3ccncc3)n2)cc1C(=O)O. The quantitative estimate of drug-likeness (QED) is 0.606. The van der Waals surface area contributed by atoms with Crippen LogP contribution in [0.5, 0.6) is 5.75 Å². The summed E-state index contributed by atoms with van der Waals surface area (Å²) in [6.45, 7) is 4.29. The third-order valence-corrected chi connectivity index (χ3v) is 4.28. The lowest BCUT2D eigenvalue weighted by atomic mass is 10.1. The smallest absolute Gasteiger partial charge is 0.339 e. The summed E-state index contributed by atoms with van der Waals surface area (Å²) in [5.74, 6) is -0.219. The van der Waals surface area contributed by atoms with E-state index in [4.69, 9.17) is 4.74 Å². The lowest BCUT2D eigenvalue weighted by Gasteiger charge is -2.17. The monoisotopic (exact) mass is 378 g/mol. The molecule has 0 amide bonds. The fourth-order valence-electron chi connectivity index (χ4n) is 2.90. The lowest BCUT2D eigenvalue weighted by molar-refractivity contribution is 0.0692. The van der Waals surface area contributed by atoms with Gasteiger partial charge in [-0.1, -0.05) is 6.92 Å². The molecule has 0 saturated heterocycles. The van der Waals surface area contributed by atoms with Crippen molar-refractivity contribution < 1.29 is 14.6 Å². The number of aromatic nitrogens is 3. The molecule has 0 aliphatic rings. The molecular weight excluding hydrogens is 356 g/mol. The number of hydrogen-bond donors (Lipinski definition) is 2. The number of ether oxygens (including phenoxy) is 1. The first-order chi connectivity index (χ1) is 13.6. The van der Waals surface area contributed by atoms with E-state index in [2.05, 4.69) is 27.2 Å². The number of hydrogen-bond acceptors (Lipinski definition) is 6. The Hall–Kier alpha value is -3.48. The molecule has 1 unspecified atom stereocenters. The number of carboxylic acids is 1. The fourth-order valence-corrected chi connectivity index (χ4v) is 2.90. The highest BCUT2D eigenvalue weighted by Gasteiger charge is 2.15. The van der Waals surface area contributed by atoms with Gasteiger partial charge >= 0.3 is 5.97 Å². The molecule has 28 heavy (non-hydrogen) atoms. The van der Waals surface area contributed by atoms with Crippen molar-refractivity contribution >= 4 is 11.9 Å². The topological polar surface area (TPSA) is 97.2 Å². The molecule has 2 aromatic heterocycles. The Morgan fingerprint density at radius 1 is 1.14 bits per heavy atom. The van der Waals surface area contributed by atoms with Crippen molar-refractivity contribution in [2.75, 3.05) is 11.9 Å². The van der Waals surface area contributed by atoms with Crippen LogP contribution in [0.3, 0.4) is 0 Å². The van der Waals surface area contributed by atoms with Crippen LogP contribution >= 0.6 is 0 Å². The van der Waals surface area contributed by atoms with Gasteiger partial charge in [0.25, 0.3) is 0 Å². The number of carboxylic acid groups (broad SMARTS) is 1. The largest absolute Gasteiger partial charge is 0.493 e. The van der Waals surface area contributed by atoms with Gasteiger partial charge in [-0.3, -0.25) is 4.98 Å². The van der Waals surface area contributed by atoms with Crippen LogP contribution in [0.25, 0.3) is 11.3 Å². The molecule has 1 atom stereocenters. The van der Waals surface area contributed by atoms with Crippen molar-refractivity contribution in [2.45, 2.75) is 26.3 Å². The summed E-state index contributed by atoms with van der Waals surface area (Å²) in [7, 11) is 0. The molecule has 7 nitrogen and oxygen atoms in total. The predicted octanol–water partition coefficient (Wildman–Crippen LogP) is 4.20. The molecule has 0 fully saturated rings. The van der Waals surface area contributed by atoms with Crippen LogP contribution in [0.4, 0.5) is 5.95 Å². The Kier molecular flexibility index (Phi) is 6.16. The Bertz CT molecular complexity index is 947. The molecule has 144 valence electrons. The average Bonchev–Trinajstić information content (AvgIpc) is 2.73. The second-order valence-corrected chi connectivity index (χ2v) is 6.10. The molecule has 0 bridgehead atoms. The maximum Gasteiger partial charge on any atom is 0.339 e. The van der Waals surface area contributed by atoms with E-state index in [0.717, 1.165) is 12.0 Å². The Morgan fingerprint density at radius 3 is 2.61 bits per heavy atom. The van der Waals surface area contributed by atoms with Crippen LogP contribution < -0.4 is 10.1 Å². The number of aromatic carboxylic acids is 1. The van der Waals surface area contributed by atoms with Crippen molar-refractivity contribution in [3.8, 4) is 17.0 Å². The minimum absolute atomic E-state index is 0.0492. The number of nitrogens with zero attached hydrogens (tertiary/aromatic N) is 3. The van der Waals surface area contributed by atoms with Crippen LogP contribution in [-0.2, 0) is 0 Å². The summed E-state index contributed by atoms with van der Waals surface area (Å²) < 4.78 is 5.40. The molecule has 3 aromatic rings. The molecule has 0 radical (unpaired) electrons. The summed E-state index contributed by atoms with van der Waals surface area (Å²) in [4.78, 5) is 24.5. The fraction of sp³-hybridized carbons (Fsp3) is 0.238. The summed E-state index contributed by atoms with van der Waals surface area (Å²) in [6, 6.07) is 10.7. The van der Waals surface area contributed by atoms with Gasteiger partial charge in [-0.05, 0) is 55.3 Å². The van der Waals surface area contributed by atoms with Crippen LogP contribution in [0.15, 0.2) is 55.0 Å². The maximum atomic E-state index is 11.6. The van der Waals surface area contributed by atoms with Gasteiger partial charge in [0.2, 0.25) is 5.95 Å². The molecule has 3 rings (SSSR count). The molecular formula is C21H22N4O3. The molecule has 0 saturated carbocycles. The number of anilines is 1. The van der Waals surface area contributed by atoms with Gasteiger partial charge in [-0.15, -0.1) is 0 Å². The van der Waals surface area contributed by atoms with Crippen molar-refractivity contribution in [3.05, 3.63) is 66.1 Å². The first-order valence-electron chi connectivity index (χ1n) is 9.12. The number of nitrogens with one attached hydrogen (secondary N) is 1. The van der Waals surface area contributed by atoms with E-state index in [1.54, 1.807) is 42.9 Å². The van der Waals surface area contributed by atoms with E-state index >= 15 is 0 Å². The van der Waals surface area contributed by atoms with E-state index in [1.807, 2.05) is 19.1 Å². The van der Waals surface area contributed by atoms with Crippen LogP contribution in [0, 0.1) is 0 Å². The zero-order valence-corrected chi connectivity index (χ0v) is 15.8. The van der Waals surface area contributed by atoms with Crippen LogP contribution in [0.1, 0.15) is 42.2 Å². The number of pyridine rings is 1. The van der Waals surface area contributed by atoms with Crippen molar-refractivity contribution in [1.29, 1.82) is 0 Å². The first-order valence-corrected chi connectivity index (χ1v) is 9.12. The van der Waals surface area contributed by atoms with Crippen LogP contribution in [0.2, 0.25) is 0 Å². The molecule has 0 aliphatic heterocycles. The second kappa shape index (κ2) is 8.94. The number of benzene rings is 1. The van der Waals surface area contributed by atoms with E-state index in [1.165, 1.54) is 0 Å².